The number of nitrogens with zero attached hydrogens (tertiary/aromatic N) is 1. The molecule has 3 heteroatoms. The van der Waals surface area contributed by atoms with Crippen molar-refractivity contribution in [1.82, 2.24) is 0 Å². The summed E-state index contributed by atoms with van der Waals surface area (Å²) in [6.45, 7) is 6.49. The van der Waals surface area contributed by atoms with Crippen molar-refractivity contribution in [3.05, 3.63) is 29.8 Å². The molecule has 82 valence electrons. The van der Waals surface area contributed by atoms with Gasteiger partial charge in [-0.1, -0.05) is 26.0 Å². The van der Waals surface area contributed by atoms with Crippen LogP contribution in [-0.2, 0) is 0 Å². The van der Waals surface area contributed by atoms with Gasteiger partial charge in [-0.3, -0.25) is 4.90 Å². The van der Waals surface area contributed by atoms with Crippen molar-refractivity contribution in [2.75, 3.05) is 11.4 Å². The molecule has 0 heterocycles. The molecule has 0 atom stereocenters. The maximum atomic E-state index is 10.9. The molecule has 1 aromatic rings. The number of benzene rings is 1. The van der Waals surface area contributed by atoms with E-state index >= 15 is 0 Å². The van der Waals surface area contributed by atoms with Crippen LogP contribution in [0.3, 0.4) is 0 Å². The summed E-state index contributed by atoms with van der Waals surface area (Å²) in [5.74, 6) is 0.414. The molecule has 0 aromatic heterocycles. The summed E-state index contributed by atoms with van der Waals surface area (Å²) in [4.78, 5) is 12.3. The number of carboxylic acid groups (broad SMARTS) is 1. The smallest absolute Gasteiger partial charge is 0.411 e. The molecule has 1 aromatic carbocycles. The van der Waals surface area contributed by atoms with Crippen molar-refractivity contribution in [3.63, 3.8) is 0 Å². The minimum Gasteiger partial charge on any atom is -0.465 e. The number of rotatable bonds is 3. The van der Waals surface area contributed by atoms with E-state index < -0.39 is 6.09 Å². The molecule has 0 bridgehead atoms. The Morgan fingerprint density at radius 3 is 2.60 bits per heavy atom. The number of hydrogen-bond donors (Lipinski definition) is 1. The van der Waals surface area contributed by atoms with Gasteiger partial charge in [-0.15, -0.1) is 0 Å². The van der Waals surface area contributed by atoms with E-state index in [0.717, 1.165) is 11.3 Å². The SMILES string of the molecule is CCN(C(=O)O)c1cccc(C(C)C)c1. The summed E-state index contributed by atoms with van der Waals surface area (Å²) >= 11 is 0. The topological polar surface area (TPSA) is 40.5 Å². The lowest BCUT2D eigenvalue weighted by atomic mass is 10.0. The third kappa shape index (κ3) is 2.72. The number of hydrogen-bond acceptors (Lipinski definition) is 1. The Morgan fingerprint density at radius 2 is 2.13 bits per heavy atom. The fourth-order valence-electron chi connectivity index (χ4n) is 1.48. The first-order valence-corrected chi connectivity index (χ1v) is 5.16. The number of amides is 1. The van der Waals surface area contributed by atoms with Crippen molar-refractivity contribution in [2.24, 2.45) is 0 Å². The van der Waals surface area contributed by atoms with E-state index in [0.29, 0.717) is 12.5 Å². The standard InChI is InChI=1S/C12H17NO2/c1-4-13(12(14)15)11-7-5-6-10(8-11)9(2)3/h5-9H,4H2,1-3H3,(H,14,15). The maximum absolute atomic E-state index is 10.9. The van der Waals surface area contributed by atoms with Crippen LogP contribution in [0.1, 0.15) is 32.3 Å². The lowest BCUT2D eigenvalue weighted by Crippen LogP contribution is -2.28. The summed E-state index contributed by atoms with van der Waals surface area (Å²) in [6, 6.07) is 7.67. The van der Waals surface area contributed by atoms with E-state index in [-0.39, 0.29) is 0 Å². The molecule has 1 rings (SSSR count). The predicted octanol–water partition coefficient (Wildman–Crippen LogP) is 3.31. The van der Waals surface area contributed by atoms with Crippen molar-refractivity contribution in [3.8, 4) is 0 Å². The Kier molecular flexibility index (Phi) is 3.72. The van der Waals surface area contributed by atoms with Gasteiger partial charge in [0.25, 0.3) is 0 Å². The highest BCUT2D eigenvalue weighted by atomic mass is 16.4. The summed E-state index contributed by atoms with van der Waals surface area (Å²) in [6.07, 6.45) is -0.904. The van der Waals surface area contributed by atoms with Crippen LogP contribution in [0.5, 0.6) is 0 Å². The first-order chi connectivity index (χ1) is 7.06. The largest absolute Gasteiger partial charge is 0.465 e. The number of anilines is 1. The van der Waals surface area contributed by atoms with E-state index in [9.17, 15) is 4.79 Å². The van der Waals surface area contributed by atoms with Crippen LogP contribution in [0, 0.1) is 0 Å². The summed E-state index contributed by atoms with van der Waals surface area (Å²) in [7, 11) is 0. The second kappa shape index (κ2) is 4.82. The van der Waals surface area contributed by atoms with Crippen LogP contribution in [0.4, 0.5) is 10.5 Å². The van der Waals surface area contributed by atoms with Gasteiger partial charge < -0.3 is 5.11 Å². The number of carbonyl (C=O) groups is 1. The van der Waals surface area contributed by atoms with Crippen molar-refractivity contribution in [2.45, 2.75) is 26.7 Å². The van der Waals surface area contributed by atoms with E-state index in [1.807, 2.05) is 31.2 Å². The Labute approximate surface area is 90.3 Å². The predicted molar refractivity (Wildman–Crippen MR) is 61.6 cm³/mol. The van der Waals surface area contributed by atoms with Crippen LogP contribution in [-0.4, -0.2) is 17.7 Å². The van der Waals surface area contributed by atoms with E-state index in [1.54, 1.807) is 0 Å². The Bertz CT molecular complexity index is 347. The Balaban J connectivity index is 3.03. The molecule has 0 saturated heterocycles. The highest BCUT2D eigenvalue weighted by molar-refractivity contribution is 5.85. The van der Waals surface area contributed by atoms with Gasteiger partial charge in [-0.05, 0) is 30.5 Å². The average molecular weight is 207 g/mol. The van der Waals surface area contributed by atoms with Gasteiger partial charge in [-0.25, -0.2) is 4.79 Å². The van der Waals surface area contributed by atoms with Gasteiger partial charge in [0.1, 0.15) is 0 Å². The average Bonchev–Trinajstić information content (AvgIpc) is 2.18. The van der Waals surface area contributed by atoms with Gasteiger partial charge in [0.2, 0.25) is 0 Å². The highest BCUT2D eigenvalue weighted by Crippen LogP contribution is 2.21. The van der Waals surface area contributed by atoms with E-state index in [4.69, 9.17) is 5.11 Å². The molecule has 0 aliphatic rings. The highest BCUT2D eigenvalue weighted by Gasteiger charge is 2.12. The normalized spacial score (nSPS) is 10.4. The third-order valence-corrected chi connectivity index (χ3v) is 2.40. The lowest BCUT2D eigenvalue weighted by Gasteiger charge is -2.18. The van der Waals surface area contributed by atoms with Gasteiger partial charge in [0.05, 0.1) is 0 Å². The zero-order valence-electron chi connectivity index (χ0n) is 9.40. The fourth-order valence-corrected chi connectivity index (χ4v) is 1.48. The van der Waals surface area contributed by atoms with Crippen LogP contribution in [0.15, 0.2) is 24.3 Å². The van der Waals surface area contributed by atoms with Crippen molar-refractivity contribution >= 4 is 11.8 Å². The van der Waals surface area contributed by atoms with Crippen molar-refractivity contribution in [1.29, 1.82) is 0 Å². The fraction of sp³-hybridized carbons (Fsp3) is 0.417. The minimum absolute atomic E-state index is 0.414. The molecule has 0 spiro atoms. The quantitative estimate of drug-likeness (QED) is 0.826. The summed E-state index contributed by atoms with van der Waals surface area (Å²) < 4.78 is 0. The molecule has 15 heavy (non-hydrogen) atoms. The molecule has 0 aliphatic carbocycles. The second-order valence-corrected chi connectivity index (χ2v) is 3.78. The minimum atomic E-state index is -0.904. The molecule has 0 saturated carbocycles. The molecular weight excluding hydrogens is 190 g/mol. The molecule has 1 amide bonds. The second-order valence-electron chi connectivity index (χ2n) is 3.78. The summed E-state index contributed by atoms with van der Waals surface area (Å²) in [5, 5.41) is 8.98. The molecule has 3 nitrogen and oxygen atoms in total. The van der Waals surface area contributed by atoms with Gasteiger partial charge >= 0.3 is 6.09 Å². The first kappa shape index (κ1) is 11.6. The first-order valence-electron chi connectivity index (χ1n) is 5.16. The van der Waals surface area contributed by atoms with E-state index in [1.165, 1.54) is 4.90 Å². The van der Waals surface area contributed by atoms with Gasteiger partial charge in [0.15, 0.2) is 0 Å². The molecule has 0 aliphatic heterocycles. The monoisotopic (exact) mass is 207 g/mol. The zero-order valence-corrected chi connectivity index (χ0v) is 9.40. The van der Waals surface area contributed by atoms with Crippen LogP contribution >= 0.6 is 0 Å². The van der Waals surface area contributed by atoms with E-state index in [2.05, 4.69) is 13.8 Å². The zero-order chi connectivity index (χ0) is 11.4. The van der Waals surface area contributed by atoms with Crippen molar-refractivity contribution < 1.29 is 9.90 Å². The van der Waals surface area contributed by atoms with Gasteiger partial charge in [0, 0.05) is 12.2 Å². The van der Waals surface area contributed by atoms with Crippen LogP contribution in [0.25, 0.3) is 0 Å². The molecular formula is C12H17NO2. The van der Waals surface area contributed by atoms with Crippen LogP contribution < -0.4 is 4.90 Å². The third-order valence-electron chi connectivity index (χ3n) is 2.40. The summed E-state index contributed by atoms with van der Waals surface area (Å²) in [5.41, 5.74) is 1.91. The molecule has 0 unspecified atom stereocenters. The Hall–Kier alpha value is -1.51. The maximum Gasteiger partial charge on any atom is 0.411 e. The molecule has 0 radical (unpaired) electrons. The lowest BCUT2D eigenvalue weighted by molar-refractivity contribution is 0.202. The Morgan fingerprint density at radius 1 is 1.47 bits per heavy atom. The van der Waals surface area contributed by atoms with Crippen LogP contribution in [0.2, 0.25) is 0 Å². The molecule has 1 N–H and O–H groups in total. The van der Waals surface area contributed by atoms with Gasteiger partial charge in [-0.2, -0.15) is 0 Å². The molecule has 0 fully saturated rings.